The van der Waals surface area contributed by atoms with Gasteiger partial charge in [-0.2, -0.15) is 0 Å². The molecule has 2 N–H and O–H groups in total. The molecule has 1 aromatic carbocycles. The second-order valence-electron chi connectivity index (χ2n) is 5.70. The third kappa shape index (κ3) is 3.88. The van der Waals surface area contributed by atoms with E-state index in [-0.39, 0.29) is 12.0 Å². The molecule has 0 unspecified atom stereocenters. The van der Waals surface area contributed by atoms with Crippen molar-refractivity contribution in [3.63, 3.8) is 0 Å². The average Bonchev–Trinajstić information content (AvgIpc) is 2.99. The molecule has 1 atom stereocenters. The summed E-state index contributed by atoms with van der Waals surface area (Å²) in [6, 6.07) is 9.02. The van der Waals surface area contributed by atoms with E-state index in [0.717, 1.165) is 11.6 Å². The molecule has 130 valence electrons. The highest BCUT2D eigenvalue weighted by molar-refractivity contribution is 6.03. The van der Waals surface area contributed by atoms with E-state index in [9.17, 15) is 4.79 Å². The molecule has 0 saturated heterocycles. The largest absolute Gasteiger partial charge is 0.497 e. The highest BCUT2D eigenvalue weighted by Gasteiger charge is 2.14. The van der Waals surface area contributed by atoms with Crippen molar-refractivity contribution in [3.05, 3.63) is 47.9 Å². The first kappa shape index (κ1) is 16.8. The number of fused-ring (bicyclic) bond motifs is 1. The lowest BCUT2D eigenvalue weighted by molar-refractivity contribution is 0.0933. The van der Waals surface area contributed by atoms with Gasteiger partial charge in [-0.05, 0) is 32.0 Å². The predicted octanol–water partition coefficient (Wildman–Crippen LogP) is 2.47. The van der Waals surface area contributed by atoms with Crippen LogP contribution in [0.3, 0.4) is 0 Å². The van der Waals surface area contributed by atoms with Crippen molar-refractivity contribution >= 4 is 17.1 Å². The molecular weight excluding hydrogens is 320 g/mol. The van der Waals surface area contributed by atoms with E-state index in [2.05, 4.69) is 20.3 Å². The third-order valence-corrected chi connectivity index (χ3v) is 3.68. The number of pyridine rings is 1. The monoisotopic (exact) mass is 340 g/mol. The van der Waals surface area contributed by atoms with Crippen molar-refractivity contribution in [1.29, 1.82) is 0 Å². The van der Waals surface area contributed by atoms with Crippen LogP contribution in [0.2, 0.25) is 0 Å². The second-order valence-corrected chi connectivity index (χ2v) is 5.70. The Hall–Kier alpha value is -3.09. The smallest absolute Gasteiger partial charge is 0.253 e. The number of imidazole rings is 1. The van der Waals surface area contributed by atoms with Gasteiger partial charge in [0.2, 0.25) is 0 Å². The van der Waals surface area contributed by atoms with Crippen molar-refractivity contribution in [2.24, 2.45) is 0 Å². The zero-order chi connectivity index (χ0) is 17.8. The summed E-state index contributed by atoms with van der Waals surface area (Å²) >= 11 is 0. The average molecular weight is 340 g/mol. The van der Waals surface area contributed by atoms with E-state index in [1.165, 1.54) is 0 Å². The molecule has 0 aliphatic heterocycles. The normalized spacial score (nSPS) is 12.0. The fourth-order valence-electron chi connectivity index (χ4n) is 2.50. The molecule has 1 amide bonds. The van der Waals surface area contributed by atoms with Gasteiger partial charge < -0.3 is 19.8 Å². The fourth-order valence-corrected chi connectivity index (χ4v) is 2.50. The van der Waals surface area contributed by atoms with Crippen molar-refractivity contribution < 1.29 is 14.3 Å². The number of amides is 1. The Labute approximate surface area is 145 Å². The molecule has 0 spiro atoms. The number of methoxy groups -OCH3 is 1. The number of ether oxygens (including phenoxy) is 2. The van der Waals surface area contributed by atoms with Gasteiger partial charge in [-0.1, -0.05) is 6.07 Å². The lowest BCUT2D eigenvalue weighted by Gasteiger charge is -2.16. The molecule has 0 bridgehead atoms. The number of rotatable bonds is 6. The molecule has 3 rings (SSSR count). The molecule has 0 aliphatic carbocycles. The summed E-state index contributed by atoms with van der Waals surface area (Å²) in [4.78, 5) is 23.9. The standard InChI is InChI=1S/C18H20N4O3/c1-11(25-14-6-4-5-13(9-14)24-3)10-20-18(23)15-7-8-19-17-16(15)21-12(2)22-17/h4-9,11H,10H2,1-3H3,(H,20,23)(H,19,21,22)/t11-/m1/s1. The molecule has 2 heterocycles. The molecular formula is C18H20N4O3. The number of carbonyl (C=O) groups is 1. The molecule has 0 aliphatic rings. The van der Waals surface area contributed by atoms with Gasteiger partial charge in [0.05, 0.1) is 24.7 Å². The molecule has 25 heavy (non-hydrogen) atoms. The number of hydrogen-bond acceptors (Lipinski definition) is 5. The Balaban J connectivity index is 1.63. The quantitative estimate of drug-likeness (QED) is 0.719. The predicted molar refractivity (Wildman–Crippen MR) is 94.0 cm³/mol. The SMILES string of the molecule is COc1cccc(O[C@H](C)CNC(=O)c2ccnc3nc(C)[nH]c23)c1. The number of hydrogen-bond donors (Lipinski definition) is 2. The van der Waals surface area contributed by atoms with Crippen LogP contribution in [0.5, 0.6) is 11.5 Å². The minimum atomic E-state index is -0.197. The second kappa shape index (κ2) is 7.21. The molecule has 0 fully saturated rings. The summed E-state index contributed by atoms with van der Waals surface area (Å²) in [5.74, 6) is 1.94. The van der Waals surface area contributed by atoms with Crippen molar-refractivity contribution in [2.45, 2.75) is 20.0 Å². The van der Waals surface area contributed by atoms with Crippen molar-refractivity contribution in [2.75, 3.05) is 13.7 Å². The van der Waals surface area contributed by atoms with E-state index >= 15 is 0 Å². The summed E-state index contributed by atoms with van der Waals surface area (Å²) in [5, 5.41) is 2.88. The zero-order valence-electron chi connectivity index (χ0n) is 14.4. The maximum atomic E-state index is 12.5. The van der Waals surface area contributed by atoms with Gasteiger partial charge in [0.25, 0.3) is 5.91 Å². The number of aryl methyl sites for hydroxylation is 1. The van der Waals surface area contributed by atoms with Crippen LogP contribution in [0.4, 0.5) is 0 Å². The van der Waals surface area contributed by atoms with Crippen LogP contribution < -0.4 is 14.8 Å². The topological polar surface area (TPSA) is 89.1 Å². The molecule has 0 saturated carbocycles. The lowest BCUT2D eigenvalue weighted by Crippen LogP contribution is -2.33. The Morgan fingerprint density at radius 3 is 2.92 bits per heavy atom. The minimum Gasteiger partial charge on any atom is -0.497 e. The summed E-state index contributed by atoms with van der Waals surface area (Å²) in [5.41, 5.74) is 1.68. The summed E-state index contributed by atoms with van der Waals surface area (Å²) in [6.45, 7) is 4.09. The van der Waals surface area contributed by atoms with Gasteiger partial charge in [0.1, 0.15) is 23.4 Å². The Morgan fingerprint density at radius 1 is 1.32 bits per heavy atom. The number of nitrogens with one attached hydrogen (secondary N) is 2. The minimum absolute atomic E-state index is 0.197. The number of benzene rings is 1. The summed E-state index contributed by atoms with van der Waals surface area (Å²) < 4.78 is 11.0. The van der Waals surface area contributed by atoms with Crippen LogP contribution in [0.1, 0.15) is 23.1 Å². The van der Waals surface area contributed by atoms with E-state index in [4.69, 9.17) is 9.47 Å². The van der Waals surface area contributed by atoms with Gasteiger partial charge in [0, 0.05) is 12.3 Å². The first-order valence-corrected chi connectivity index (χ1v) is 7.97. The molecule has 7 nitrogen and oxygen atoms in total. The van der Waals surface area contributed by atoms with E-state index < -0.39 is 0 Å². The first-order valence-electron chi connectivity index (χ1n) is 7.97. The first-order chi connectivity index (χ1) is 12.1. The Kier molecular flexibility index (Phi) is 4.83. The zero-order valence-corrected chi connectivity index (χ0v) is 14.4. The molecule has 0 radical (unpaired) electrons. The molecule has 7 heteroatoms. The summed E-state index contributed by atoms with van der Waals surface area (Å²) in [7, 11) is 1.61. The van der Waals surface area contributed by atoms with Gasteiger partial charge in [0.15, 0.2) is 5.65 Å². The van der Waals surface area contributed by atoms with Gasteiger partial charge >= 0.3 is 0 Å². The Bertz CT molecular complexity index is 891. The number of H-pyrrole nitrogens is 1. The van der Waals surface area contributed by atoms with Crippen molar-refractivity contribution in [3.8, 4) is 11.5 Å². The van der Waals surface area contributed by atoms with E-state index in [1.54, 1.807) is 25.4 Å². The number of nitrogens with zero attached hydrogens (tertiary/aromatic N) is 2. The Morgan fingerprint density at radius 2 is 2.12 bits per heavy atom. The van der Waals surface area contributed by atoms with Crippen LogP contribution in [0.15, 0.2) is 36.5 Å². The number of carbonyl (C=O) groups excluding carboxylic acids is 1. The molecule has 2 aromatic heterocycles. The van der Waals surface area contributed by atoms with E-state index in [0.29, 0.717) is 29.0 Å². The number of aromatic amines is 1. The maximum absolute atomic E-state index is 12.5. The number of aromatic nitrogens is 3. The van der Waals surface area contributed by atoms with Crippen molar-refractivity contribution in [1.82, 2.24) is 20.3 Å². The van der Waals surface area contributed by atoms with Gasteiger partial charge in [-0.15, -0.1) is 0 Å². The van der Waals surface area contributed by atoms with Gasteiger partial charge in [-0.3, -0.25) is 4.79 Å². The molecule has 3 aromatic rings. The lowest BCUT2D eigenvalue weighted by atomic mass is 10.2. The van der Waals surface area contributed by atoms with Gasteiger partial charge in [-0.25, -0.2) is 9.97 Å². The summed E-state index contributed by atoms with van der Waals surface area (Å²) in [6.07, 6.45) is 1.38. The van der Waals surface area contributed by atoms with E-state index in [1.807, 2.05) is 32.0 Å². The fraction of sp³-hybridized carbons (Fsp3) is 0.278. The van der Waals surface area contributed by atoms with Crippen LogP contribution in [0, 0.1) is 6.92 Å². The third-order valence-electron chi connectivity index (χ3n) is 3.68. The highest BCUT2D eigenvalue weighted by Crippen LogP contribution is 2.20. The highest BCUT2D eigenvalue weighted by atomic mass is 16.5. The van der Waals surface area contributed by atoms with Crippen LogP contribution in [-0.2, 0) is 0 Å². The van der Waals surface area contributed by atoms with Crippen LogP contribution >= 0.6 is 0 Å². The van der Waals surface area contributed by atoms with Crippen LogP contribution in [-0.4, -0.2) is 40.6 Å². The maximum Gasteiger partial charge on any atom is 0.253 e. The van der Waals surface area contributed by atoms with Crippen LogP contribution in [0.25, 0.3) is 11.2 Å².